The summed E-state index contributed by atoms with van der Waals surface area (Å²) < 4.78 is 56.6. The third kappa shape index (κ3) is 2.98. The second kappa shape index (κ2) is 6.12. The third-order valence-corrected chi connectivity index (χ3v) is 2.11. The van der Waals surface area contributed by atoms with E-state index in [4.69, 9.17) is 0 Å². The molecule has 102 valence electrons. The summed E-state index contributed by atoms with van der Waals surface area (Å²) in [6, 6.07) is 0.180. The number of ether oxygens (including phenoxy) is 1. The van der Waals surface area contributed by atoms with Gasteiger partial charge in [-0.15, -0.1) is 0 Å². The molecule has 0 fully saturated rings. The van der Waals surface area contributed by atoms with Crippen LogP contribution in [0.2, 0.25) is 0 Å². The number of ketones is 1. The van der Waals surface area contributed by atoms with Crippen molar-refractivity contribution in [3.63, 3.8) is 0 Å². The molecule has 19 heavy (non-hydrogen) atoms. The Morgan fingerprint density at radius 1 is 1.21 bits per heavy atom. The molecule has 0 unspecified atom stereocenters. The second-order valence-corrected chi connectivity index (χ2v) is 3.32. The minimum Gasteiger partial charge on any atom is -0.501 e. The molecule has 0 radical (unpaired) electrons. The van der Waals surface area contributed by atoms with Gasteiger partial charge in [-0.25, -0.2) is 17.6 Å². The van der Waals surface area contributed by atoms with E-state index < -0.39 is 40.2 Å². The number of halogens is 4. The molecule has 0 bridgehead atoms. The Kier molecular flexibility index (Phi) is 4.80. The van der Waals surface area contributed by atoms with Crippen molar-refractivity contribution in [3.8, 4) is 0 Å². The molecular weight excluding hydrogens is 268 g/mol. The first kappa shape index (κ1) is 14.9. The lowest BCUT2D eigenvalue weighted by Gasteiger charge is -2.05. The van der Waals surface area contributed by atoms with Gasteiger partial charge in [0, 0.05) is 0 Å². The summed E-state index contributed by atoms with van der Waals surface area (Å²) in [5, 5.41) is 0. The first-order valence-electron chi connectivity index (χ1n) is 5.08. The van der Waals surface area contributed by atoms with Gasteiger partial charge < -0.3 is 4.74 Å². The van der Waals surface area contributed by atoms with Crippen LogP contribution < -0.4 is 0 Å². The maximum absolute atomic E-state index is 13.3. The average Bonchev–Trinajstić information content (AvgIpc) is 2.41. The van der Waals surface area contributed by atoms with Gasteiger partial charge in [0.2, 0.25) is 5.78 Å². The number of rotatable bonds is 5. The van der Waals surface area contributed by atoms with E-state index in [1.165, 1.54) is 0 Å². The lowest BCUT2D eigenvalue weighted by molar-refractivity contribution is -0.104. The van der Waals surface area contributed by atoms with E-state index in [0.717, 1.165) is 6.26 Å². The van der Waals surface area contributed by atoms with Crippen LogP contribution in [0.1, 0.15) is 17.3 Å². The Morgan fingerprint density at radius 3 is 2.37 bits per heavy atom. The molecule has 1 aromatic carbocycles. The highest BCUT2D eigenvalue weighted by Crippen LogP contribution is 2.20. The largest absolute Gasteiger partial charge is 0.501 e. The maximum Gasteiger partial charge on any atom is 0.202 e. The van der Waals surface area contributed by atoms with Crippen LogP contribution in [0.4, 0.5) is 17.6 Å². The SMILES string of the molecule is CCOC=C(C=O)C(=O)c1cc(F)c(F)c(F)c1F. The van der Waals surface area contributed by atoms with Gasteiger partial charge >= 0.3 is 0 Å². The van der Waals surface area contributed by atoms with Crippen LogP contribution in [0.3, 0.4) is 0 Å². The quantitative estimate of drug-likeness (QED) is 0.0955. The van der Waals surface area contributed by atoms with Gasteiger partial charge in [-0.1, -0.05) is 0 Å². The van der Waals surface area contributed by atoms with Gasteiger partial charge in [0.25, 0.3) is 0 Å². The van der Waals surface area contributed by atoms with Crippen LogP contribution in [0, 0.1) is 23.3 Å². The summed E-state index contributed by atoms with van der Waals surface area (Å²) in [5.74, 6) is -9.06. The van der Waals surface area contributed by atoms with E-state index in [-0.39, 0.29) is 19.0 Å². The van der Waals surface area contributed by atoms with Crippen LogP contribution in [-0.4, -0.2) is 18.7 Å². The summed E-state index contributed by atoms with van der Waals surface area (Å²) in [4.78, 5) is 22.3. The molecule has 1 rings (SSSR count). The molecule has 0 aliphatic rings. The van der Waals surface area contributed by atoms with Gasteiger partial charge in [0.15, 0.2) is 29.6 Å². The molecule has 0 aliphatic carbocycles. The molecule has 7 heteroatoms. The first-order chi connectivity index (χ1) is 8.93. The van der Waals surface area contributed by atoms with E-state index in [1.54, 1.807) is 6.92 Å². The van der Waals surface area contributed by atoms with Crippen molar-refractivity contribution in [2.24, 2.45) is 0 Å². The molecule has 0 atom stereocenters. The molecule has 0 saturated carbocycles. The summed E-state index contributed by atoms with van der Waals surface area (Å²) in [6.07, 6.45) is 0.768. The fourth-order valence-corrected chi connectivity index (χ4v) is 1.20. The van der Waals surface area contributed by atoms with Crippen molar-refractivity contribution in [3.05, 3.63) is 46.7 Å². The number of carbonyl (C=O) groups excluding carboxylic acids is 2. The van der Waals surface area contributed by atoms with Gasteiger partial charge in [0.05, 0.1) is 24.0 Å². The van der Waals surface area contributed by atoms with Crippen molar-refractivity contribution in [2.45, 2.75) is 6.92 Å². The number of hydrogen-bond donors (Lipinski definition) is 0. The normalized spacial score (nSPS) is 11.3. The number of allylic oxidation sites excluding steroid dienone is 1. The number of Topliss-reactive ketones (excluding diaryl/α,β-unsaturated/α-hetero) is 1. The molecule has 0 spiro atoms. The summed E-state index contributed by atoms with van der Waals surface area (Å²) in [5.41, 5.74) is -1.74. The standard InChI is InChI=1S/C12H8F4O3/c1-2-19-5-6(4-17)12(18)7-3-8(13)10(15)11(16)9(7)14/h3-5H,2H2,1H3. The molecule has 0 heterocycles. The van der Waals surface area contributed by atoms with Gasteiger partial charge in [-0.3, -0.25) is 9.59 Å². The molecule has 0 N–H and O–H groups in total. The van der Waals surface area contributed by atoms with Crippen LogP contribution >= 0.6 is 0 Å². The van der Waals surface area contributed by atoms with E-state index in [1.807, 2.05) is 0 Å². The topological polar surface area (TPSA) is 43.4 Å². The minimum absolute atomic E-state index is 0.0383. The Bertz CT molecular complexity index is 552. The van der Waals surface area contributed by atoms with Crippen LogP contribution in [0.5, 0.6) is 0 Å². The van der Waals surface area contributed by atoms with E-state index in [0.29, 0.717) is 0 Å². The molecule has 0 saturated heterocycles. The maximum atomic E-state index is 13.3. The van der Waals surface area contributed by atoms with Crippen LogP contribution in [0.15, 0.2) is 17.9 Å². The highest BCUT2D eigenvalue weighted by Gasteiger charge is 2.24. The van der Waals surface area contributed by atoms with Crippen molar-refractivity contribution in [1.82, 2.24) is 0 Å². The molecular formula is C12H8F4O3. The van der Waals surface area contributed by atoms with Crippen molar-refractivity contribution in [2.75, 3.05) is 6.61 Å². The zero-order valence-corrected chi connectivity index (χ0v) is 9.68. The number of carbonyl (C=O) groups is 2. The summed E-state index contributed by atoms with van der Waals surface area (Å²) >= 11 is 0. The summed E-state index contributed by atoms with van der Waals surface area (Å²) in [6.45, 7) is 1.68. The smallest absolute Gasteiger partial charge is 0.202 e. The van der Waals surface area contributed by atoms with E-state index in [2.05, 4.69) is 4.74 Å². The fraction of sp³-hybridized carbons (Fsp3) is 0.167. The van der Waals surface area contributed by atoms with Gasteiger partial charge in [-0.05, 0) is 13.0 Å². The van der Waals surface area contributed by atoms with Crippen LogP contribution in [-0.2, 0) is 9.53 Å². The monoisotopic (exact) mass is 276 g/mol. The number of benzene rings is 1. The Labute approximate surface area is 105 Å². The predicted molar refractivity (Wildman–Crippen MR) is 56.4 cm³/mol. The first-order valence-corrected chi connectivity index (χ1v) is 5.08. The lowest BCUT2D eigenvalue weighted by Crippen LogP contribution is -2.11. The highest BCUT2D eigenvalue weighted by atomic mass is 19.2. The number of hydrogen-bond acceptors (Lipinski definition) is 3. The zero-order chi connectivity index (χ0) is 14.6. The molecule has 0 aliphatic heterocycles. The summed E-state index contributed by atoms with van der Waals surface area (Å²) in [7, 11) is 0. The molecule has 3 nitrogen and oxygen atoms in total. The number of aldehydes is 1. The van der Waals surface area contributed by atoms with Crippen LogP contribution in [0.25, 0.3) is 0 Å². The fourth-order valence-electron chi connectivity index (χ4n) is 1.20. The molecule has 0 amide bonds. The zero-order valence-electron chi connectivity index (χ0n) is 9.68. The molecule has 1 aromatic rings. The second-order valence-electron chi connectivity index (χ2n) is 3.32. The Morgan fingerprint density at radius 2 is 1.84 bits per heavy atom. The lowest BCUT2D eigenvalue weighted by atomic mass is 10.0. The average molecular weight is 276 g/mol. The van der Waals surface area contributed by atoms with E-state index in [9.17, 15) is 27.2 Å². The van der Waals surface area contributed by atoms with Gasteiger partial charge in [0.1, 0.15) is 0 Å². The van der Waals surface area contributed by atoms with E-state index >= 15 is 0 Å². The Hall–Kier alpha value is -2.18. The van der Waals surface area contributed by atoms with Crippen molar-refractivity contribution < 1.29 is 31.9 Å². The predicted octanol–water partition coefficient (Wildman–Crippen LogP) is 2.55. The Balaban J connectivity index is 3.30. The minimum atomic E-state index is -2.12. The molecule has 0 aromatic heterocycles. The third-order valence-electron chi connectivity index (χ3n) is 2.11. The van der Waals surface area contributed by atoms with Gasteiger partial charge in [-0.2, -0.15) is 0 Å². The highest BCUT2D eigenvalue weighted by molar-refractivity contribution is 6.20. The van der Waals surface area contributed by atoms with Crippen molar-refractivity contribution >= 4 is 12.1 Å². The van der Waals surface area contributed by atoms with Crippen molar-refractivity contribution in [1.29, 1.82) is 0 Å².